The van der Waals surface area contributed by atoms with Crippen molar-refractivity contribution in [1.29, 1.82) is 0 Å². The second kappa shape index (κ2) is 8.12. The molecule has 0 radical (unpaired) electrons. The second-order valence-electron chi connectivity index (χ2n) is 6.68. The Morgan fingerprint density at radius 3 is 2.65 bits per heavy atom. The van der Waals surface area contributed by atoms with Gasteiger partial charge in [0.15, 0.2) is 0 Å². The van der Waals surface area contributed by atoms with Crippen LogP contribution in [0.1, 0.15) is 17.5 Å². The van der Waals surface area contributed by atoms with E-state index in [2.05, 4.69) is 15.3 Å². The lowest BCUT2D eigenvalue weighted by molar-refractivity contribution is 0.0306. The monoisotopic (exact) mass is 358 g/mol. The predicted octanol–water partition coefficient (Wildman–Crippen LogP) is 3.15. The minimum absolute atomic E-state index is 0.287. The molecular weight excluding hydrogens is 335 g/mol. The lowest BCUT2D eigenvalue weighted by Gasteiger charge is -2.40. The Morgan fingerprint density at radius 1 is 1.31 bits per heavy atom. The maximum absolute atomic E-state index is 15.2. The number of hydrogen-bond donors (Lipinski definition) is 2. The number of nitrogens with one attached hydrogen (secondary N) is 1. The molecule has 2 heterocycles. The molecule has 1 aromatic carbocycles. The highest BCUT2D eigenvalue weighted by Gasteiger charge is 2.40. The zero-order valence-corrected chi connectivity index (χ0v) is 14.7. The van der Waals surface area contributed by atoms with Crippen molar-refractivity contribution in [2.24, 2.45) is 5.92 Å². The summed E-state index contributed by atoms with van der Waals surface area (Å²) in [7, 11) is 0. The Bertz CT molecular complexity index is 726. The number of carbonyl (C=O) groups is 1. The van der Waals surface area contributed by atoms with Crippen molar-refractivity contribution in [3.63, 3.8) is 0 Å². The van der Waals surface area contributed by atoms with Crippen LogP contribution in [0.15, 0.2) is 42.7 Å². The highest BCUT2D eigenvalue weighted by Crippen LogP contribution is 2.29. The molecule has 0 spiro atoms. The molecule has 0 saturated carbocycles. The Balaban J connectivity index is 1.70. The van der Waals surface area contributed by atoms with Gasteiger partial charge >= 0.3 is 6.09 Å². The highest BCUT2D eigenvalue weighted by atomic mass is 19.1. The minimum atomic E-state index is -1.25. The standard InChI is InChI=1S/C19H23FN4O2/c1-13-3-5-14(6-4-13)11-16-17(20)15(7-10-24(16)19(25)26)12-23-18-21-8-2-9-22-18/h2-6,8-9,15-17H,7,10-12H2,1H3,(H,25,26)(H,21,22,23)/t15-,16?,17+/m1/s1. The first-order chi connectivity index (χ1) is 12.5. The van der Waals surface area contributed by atoms with Crippen LogP contribution in [0.5, 0.6) is 0 Å². The molecule has 1 saturated heterocycles. The number of anilines is 1. The van der Waals surface area contributed by atoms with E-state index in [1.165, 1.54) is 4.90 Å². The van der Waals surface area contributed by atoms with Crippen LogP contribution in [-0.4, -0.2) is 51.4 Å². The number of amides is 1. The summed E-state index contributed by atoms with van der Waals surface area (Å²) < 4.78 is 15.2. The van der Waals surface area contributed by atoms with E-state index in [4.69, 9.17) is 0 Å². The van der Waals surface area contributed by atoms with Gasteiger partial charge in [-0.15, -0.1) is 0 Å². The molecule has 2 aromatic rings. The van der Waals surface area contributed by atoms with Gasteiger partial charge in [-0.25, -0.2) is 19.2 Å². The van der Waals surface area contributed by atoms with Gasteiger partial charge in [0.25, 0.3) is 0 Å². The van der Waals surface area contributed by atoms with E-state index in [1.54, 1.807) is 18.5 Å². The van der Waals surface area contributed by atoms with Crippen LogP contribution >= 0.6 is 0 Å². The van der Waals surface area contributed by atoms with Gasteiger partial charge in [0.05, 0.1) is 6.04 Å². The third kappa shape index (κ3) is 4.28. The summed E-state index contributed by atoms with van der Waals surface area (Å²) in [6.45, 7) is 2.69. The predicted molar refractivity (Wildman–Crippen MR) is 96.9 cm³/mol. The Labute approximate surface area is 152 Å². The molecule has 0 aliphatic carbocycles. The number of alkyl halides is 1. The molecule has 26 heavy (non-hydrogen) atoms. The molecule has 1 amide bonds. The number of benzene rings is 1. The van der Waals surface area contributed by atoms with Crippen molar-refractivity contribution in [2.75, 3.05) is 18.4 Å². The zero-order chi connectivity index (χ0) is 18.5. The molecule has 138 valence electrons. The fourth-order valence-electron chi connectivity index (χ4n) is 3.37. The normalized spacial score (nSPS) is 22.8. The van der Waals surface area contributed by atoms with E-state index in [0.717, 1.165) is 11.1 Å². The maximum atomic E-state index is 15.2. The summed E-state index contributed by atoms with van der Waals surface area (Å²) in [4.78, 5) is 21.0. The molecule has 1 aliphatic rings. The first kappa shape index (κ1) is 18.1. The molecule has 1 unspecified atom stereocenters. The van der Waals surface area contributed by atoms with E-state index >= 15 is 4.39 Å². The maximum Gasteiger partial charge on any atom is 0.407 e. The number of piperidine rings is 1. The topological polar surface area (TPSA) is 78.4 Å². The number of carboxylic acid groups (broad SMARTS) is 1. The van der Waals surface area contributed by atoms with Crippen LogP contribution in [0.2, 0.25) is 0 Å². The summed E-state index contributed by atoms with van der Waals surface area (Å²) in [6.07, 6.45) is 1.76. The van der Waals surface area contributed by atoms with Crippen LogP contribution in [0, 0.1) is 12.8 Å². The van der Waals surface area contributed by atoms with Crippen molar-refractivity contribution in [3.8, 4) is 0 Å². The number of nitrogens with zero attached hydrogens (tertiary/aromatic N) is 3. The first-order valence-electron chi connectivity index (χ1n) is 8.74. The first-order valence-corrected chi connectivity index (χ1v) is 8.74. The van der Waals surface area contributed by atoms with E-state index in [1.807, 2.05) is 31.2 Å². The van der Waals surface area contributed by atoms with Crippen LogP contribution < -0.4 is 5.32 Å². The molecule has 1 aliphatic heterocycles. The molecule has 0 bridgehead atoms. The molecule has 3 atom stereocenters. The second-order valence-corrected chi connectivity index (χ2v) is 6.68. The van der Waals surface area contributed by atoms with E-state index in [-0.39, 0.29) is 5.92 Å². The van der Waals surface area contributed by atoms with Crippen molar-refractivity contribution in [1.82, 2.24) is 14.9 Å². The third-order valence-corrected chi connectivity index (χ3v) is 4.86. The number of hydrogen-bond acceptors (Lipinski definition) is 4. The minimum Gasteiger partial charge on any atom is -0.465 e. The van der Waals surface area contributed by atoms with Gasteiger partial charge in [0.1, 0.15) is 6.17 Å². The molecule has 3 rings (SSSR count). The molecule has 6 nitrogen and oxygen atoms in total. The molecule has 7 heteroatoms. The van der Waals surface area contributed by atoms with Crippen LogP contribution in [-0.2, 0) is 6.42 Å². The van der Waals surface area contributed by atoms with E-state index in [9.17, 15) is 9.90 Å². The van der Waals surface area contributed by atoms with Gasteiger partial charge in [-0.1, -0.05) is 29.8 Å². The zero-order valence-electron chi connectivity index (χ0n) is 14.7. The summed E-state index contributed by atoms with van der Waals surface area (Å²) in [5.74, 6) is 0.167. The van der Waals surface area contributed by atoms with Gasteiger partial charge in [-0.05, 0) is 31.4 Å². The quantitative estimate of drug-likeness (QED) is 0.858. The summed E-state index contributed by atoms with van der Waals surface area (Å²) in [5.41, 5.74) is 2.06. The van der Waals surface area contributed by atoms with Gasteiger partial charge in [-0.2, -0.15) is 0 Å². The number of likely N-dealkylation sites (tertiary alicyclic amines) is 1. The fourth-order valence-corrected chi connectivity index (χ4v) is 3.37. The lowest BCUT2D eigenvalue weighted by Crippen LogP contribution is -2.54. The average molecular weight is 358 g/mol. The number of aromatic nitrogens is 2. The van der Waals surface area contributed by atoms with E-state index < -0.39 is 18.3 Å². The summed E-state index contributed by atoms with van der Waals surface area (Å²) in [5, 5.41) is 12.5. The Kier molecular flexibility index (Phi) is 5.65. The third-order valence-electron chi connectivity index (χ3n) is 4.86. The molecule has 2 N–H and O–H groups in total. The molecule has 1 aromatic heterocycles. The number of halogens is 1. The number of aryl methyl sites for hydroxylation is 1. The van der Waals surface area contributed by atoms with Crippen LogP contribution in [0.25, 0.3) is 0 Å². The van der Waals surface area contributed by atoms with Gasteiger partial charge in [0, 0.05) is 31.4 Å². The smallest absolute Gasteiger partial charge is 0.407 e. The molecular formula is C19H23FN4O2. The van der Waals surface area contributed by atoms with Crippen molar-refractivity contribution in [3.05, 3.63) is 53.9 Å². The Morgan fingerprint density at radius 2 is 2.00 bits per heavy atom. The van der Waals surface area contributed by atoms with Crippen LogP contribution in [0.4, 0.5) is 15.1 Å². The summed E-state index contributed by atoms with van der Waals surface area (Å²) in [6, 6.07) is 8.81. The average Bonchev–Trinajstić information content (AvgIpc) is 2.64. The van der Waals surface area contributed by atoms with Crippen LogP contribution in [0.3, 0.4) is 0 Å². The van der Waals surface area contributed by atoms with Crippen molar-refractivity contribution in [2.45, 2.75) is 32.0 Å². The highest BCUT2D eigenvalue weighted by molar-refractivity contribution is 5.65. The molecule has 1 fully saturated rings. The van der Waals surface area contributed by atoms with Gasteiger partial charge in [-0.3, -0.25) is 0 Å². The largest absolute Gasteiger partial charge is 0.465 e. The van der Waals surface area contributed by atoms with Crippen molar-refractivity contribution < 1.29 is 14.3 Å². The SMILES string of the molecule is Cc1ccc(CC2[C@@H](F)[C@@H](CNc3ncccn3)CCN2C(=O)O)cc1. The number of rotatable bonds is 5. The summed E-state index contributed by atoms with van der Waals surface area (Å²) >= 11 is 0. The van der Waals surface area contributed by atoms with Gasteiger partial charge in [0.2, 0.25) is 5.95 Å². The van der Waals surface area contributed by atoms with Crippen molar-refractivity contribution >= 4 is 12.0 Å². The lowest BCUT2D eigenvalue weighted by atomic mass is 9.85. The fraction of sp³-hybridized carbons (Fsp3) is 0.421. The van der Waals surface area contributed by atoms with E-state index in [0.29, 0.717) is 31.9 Å². The van der Waals surface area contributed by atoms with Gasteiger partial charge < -0.3 is 15.3 Å². The Hall–Kier alpha value is -2.70.